The van der Waals surface area contributed by atoms with Crippen molar-refractivity contribution in [1.29, 1.82) is 0 Å². The molecule has 3 aromatic rings. The topological polar surface area (TPSA) is 221 Å². The van der Waals surface area contributed by atoms with E-state index in [1.54, 1.807) is 23.1 Å². The van der Waals surface area contributed by atoms with Gasteiger partial charge in [0.05, 0.1) is 149 Å². The second kappa shape index (κ2) is 39.3. The van der Waals surface area contributed by atoms with E-state index in [9.17, 15) is 35.6 Å². The summed E-state index contributed by atoms with van der Waals surface area (Å²) in [6.45, 7) is 11.9. The van der Waals surface area contributed by atoms with Crippen LogP contribution in [0.4, 0.5) is 23.2 Å². The Kier molecular flexibility index (Phi) is 32.5. The number of hydrogen-bond acceptors (Lipinski definition) is 19. The van der Waals surface area contributed by atoms with Crippen LogP contribution < -0.4 is 10.5 Å². The smallest absolute Gasteiger partial charge is 0.337 e. The van der Waals surface area contributed by atoms with E-state index in [1.165, 1.54) is 4.31 Å². The van der Waals surface area contributed by atoms with Gasteiger partial charge in [0, 0.05) is 56.3 Å². The van der Waals surface area contributed by atoms with E-state index in [4.69, 9.17) is 53.1 Å². The van der Waals surface area contributed by atoms with Crippen LogP contribution >= 0.6 is 0 Å². The van der Waals surface area contributed by atoms with Crippen molar-refractivity contribution in [1.82, 2.24) is 19.0 Å². The molecule has 472 valence electrons. The molecular formula is C59H82F4N6O15S. The number of ether oxygens (including phenoxy) is 11. The molecule has 0 aliphatic carbocycles. The predicted molar refractivity (Wildman–Crippen MR) is 309 cm³/mol. The predicted octanol–water partition coefficient (Wildman–Crippen LogP) is 4.81. The Bertz CT molecular complexity index is 2740. The third-order valence-electron chi connectivity index (χ3n) is 12.6. The summed E-state index contributed by atoms with van der Waals surface area (Å²) >= 11 is 0. The summed E-state index contributed by atoms with van der Waals surface area (Å²) in [4.78, 5) is 36.4. The van der Waals surface area contributed by atoms with Crippen LogP contribution in [0.2, 0.25) is 0 Å². The van der Waals surface area contributed by atoms with Gasteiger partial charge in [0.25, 0.3) is 5.91 Å². The molecule has 5 rings (SSSR count). The van der Waals surface area contributed by atoms with E-state index in [0.717, 1.165) is 29.7 Å². The van der Waals surface area contributed by atoms with Crippen LogP contribution in [0.15, 0.2) is 64.0 Å². The molecule has 0 unspecified atom stereocenters. The Balaban J connectivity index is 0.790. The zero-order valence-corrected chi connectivity index (χ0v) is 50.0. The lowest BCUT2D eigenvalue weighted by Crippen LogP contribution is -2.52. The molecule has 2 N–H and O–H groups in total. The molecule has 1 saturated heterocycles. The summed E-state index contributed by atoms with van der Waals surface area (Å²) in [7, 11) is 2.30. The van der Waals surface area contributed by atoms with E-state index in [0.29, 0.717) is 155 Å². The zero-order chi connectivity index (χ0) is 61.2. The Hall–Kier alpha value is -5.48. The highest BCUT2D eigenvalue weighted by atomic mass is 32.2. The van der Waals surface area contributed by atoms with Crippen LogP contribution in [0, 0.1) is 41.0 Å². The zero-order valence-electron chi connectivity index (χ0n) is 49.1. The van der Waals surface area contributed by atoms with E-state index in [-0.39, 0.29) is 56.3 Å². The van der Waals surface area contributed by atoms with Gasteiger partial charge in [-0.25, -0.2) is 27.0 Å². The van der Waals surface area contributed by atoms with Crippen LogP contribution in [-0.4, -0.2) is 244 Å². The van der Waals surface area contributed by atoms with Crippen LogP contribution in [0.25, 0.3) is 17.2 Å². The second-order valence-corrected chi connectivity index (χ2v) is 21.8. The number of rotatable bonds is 43. The Labute approximate surface area is 496 Å². The molecule has 0 spiro atoms. The van der Waals surface area contributed by atoms with Gasteiger partial charge in [-0.15, -0.1) is 0 Å². The Morgan fingerprint density at radius 3 is 1.66 bits per heavy atom. The molecule has 3 aromatic carbocycles. The SMILES string of the molecule is CCCN(CC#CCN(C)CCOCCOCCOCCOCCOCCOCCOCCOCCOCCOCC(=O)Oc1c(F)c(F)cc(F)c1F)C(=O)C1=Cc2ccc(-c3cccc(S(=O)(=O)N4CC(CN(C)C)C4)c3)cc2N=C(N)C1. The molecule has 85 heavy (non-hydrogen) atoms. The highest BCUT2D eigenvalue weighted by Crippen LogP contribution is 2.34. The van der Waals surface area contributed by atoms with Crippen LogP contribution in [0.5, 0.6) is 5.75 Å². The number of likely N-dealkylation sites (N-methyl/N-ethyl adjacent to an activating group) is 1. The molecule has 0 aromatic heterocycles. The van der Waals surface area contributed by atoms with Gasteiger partial charge < -0.3 is 67.6 Å². The summed E-state index contributed by atoms with van der Waals surface area (Å²) in [6.07, 6.45) is 2.78. The number of amidine groups is 1. The highest BCUT2D eigenvalue weighted by Gasteiger charge is 2.37. The first-order valence-electron chi connectivity index (χ1n) is 28.2. The number of carbonyl (C=O) groups excluding carboxylic acids is 2. The van der Waals surface area contributed by atoms with E-state index >= 15 is 0 Å². The first-order valence-corrected chi connectivity index (χ1v) is 29.7. The van der Waals surface area contributed by atoms with Gasteiger partial charge in [0.1, 0.15) is 12.4 Å². The van der Waals surface area contributed by atoms with Gasteiger partial charge >= 0.3 is 5.97 Å². The quantitative estimate of drug-likeness (QED) is 0.0201. The number of aliphatic imine (C=N–C) groups is 1. The number of nitrogens with two attached hydrogens (primary N) is 1. The molecular weight excluding hydrogens is 1140 g/mol. The molecule has 0 bridgehead atoms. The van der Waals surface area contributed by atoms with Crippen LogP contribution in [-0.2, 0) is 67.0 Å². The minimum absolute atomic E-state index is 0.00217. The number of fused-ring (bicyclic) bond motifs is 1. The number of nitrogens with zero attached hydrogens (tertiary/aromatic N) is 5. The van der Waals surface area contributed by atoms with Crippen molar-refractivity contribution in [3.63, 3.8) is 0 Å². The molecule has 2 aliphatic rings. The van der Waals surface area contributed by atoms with Gasteiger partial charge in [-0.1, -0.05) is 43.0 Å². The van der Waals surface area contributed by atoms with Crippen LogP contribution in [0.1, 0.15) is 25.3 Å². The fraction of sp³-hybridized carbons (Fsp3) is 0.576. The number of halogens is 4. The lowest BCUT2D eigenvalue weighted by atomic mass is 10.0. The van der Waals surface area contributed by atoms with Gasteiger partial charge in [0.2, 0.25) is 27.4 Å². The third-order valence-corrected chi connectivity index (χ3v) is 14.4. The first-order chi connectivity index (χ1) is 41.1. The lowest BCUT2D eigenvalue weighted by Gasteiger charge is -2.39. The molecule has 21 nitrogen and oxygen atoms in total. The van der Waals surface area contributed by atoms with Crippen molar-refractivity contribution in [2.75, 3.05) is 199 Å². The molecule has 2 aliphatic heterocycles. The molecule has 0 atom stereocenters. The number of carbonyl (C=O) groups is 2. The molecule has 0 saturated carbocycles. The number of hydrogen-bond donors (Lipinski definition) is 1. The second-order valence-electron chi connectivity index (χ2n) is 19.9. The number of benzene rings is 3. The van der Waals surface area contributed by atoms with Gasteiger partial charge in [-0.3, -0.25) is 9.69 Å². The minimum Gasteiger partial charge on any atom is -0.418 e. The van der Waals surface area contributed by atoms with Crippen LogP contribution in [0.3, 0.4) is 0 Å². The monoisotopic (exact) mass is 1220 g/mol. The lowest BCUT2D eigenvalue weighted by molar-refractivity contribution is -0.140. The Morgan fingerprint density at radius 2 is 1.14 bits per heavy atom. The molecule has 1 amide bonds. The number of sulfonamides is 1. The van der Waals surface area contributed by atoms with Crippen molar-refractivity contribution in [3.8, 4) is 28.7 Å². The third kappa shape index (κ3) is 25.8. The van der Waals surface area contributed by atoms with E-state index in [1.807, 2.05) is 63.3 Å². The van der Waals surface area contributed by atoms with Gasteiger partial charge in [-0.2, -0.15) is 13.1 Å². The van der Waals surface area contributed by atoms with Gasteiger partial charge in [0.15, 0.2) is 11.6 Å². The standard InChI is InChI=1S/C59H82F4N6O15S/c1-5-13-68(59(71)49-36-48-12-11-47(38-53(48)65-54(64)39-49)46-9-8-10-50(37-46)85(72,73)69-42-45(43-69)41-66(2)3)15-7-6-14-67(4)16-17-74-18-19-75-20-21-76-22-23-77-24-25-78-26-27-79-28-29-80-30-31-81-32-33-82-34-35-83-44-55(70)84-58-56(62)51(60)40-52(61)57(58)63/h8-12,36-38,40,45H,5,13-35,39,41-44H2,1-4H3,(H2,64,65). The number of amides is 1. The maximum atomic E-state index is 13.9. The summed E-state index contributed by atoms with van der Waals surface area (Å²) in [5.41, 5.74) is 9.79. The Morgan fingerprint density at radius 1 is 0.647 bits per heavy atom. The maximum absolute atomic E-state index is 13.9. The van der Waals surface area contributed by atoms with Crippen molar-refractivity contribution >= 4 is 39.5 Å². The summed E-state index contributed by atoms with van der Waals surface area (Å²) < 4.78 is 141. The van der Waals surface area contributed by atoms with Crippen molar-refractivity contribution in [3.05, 3.63) is 82.9 Å². The van der Waals surface area contributed by atoms with Gasteiger partial charge in [-0.05, 0) is 68.9 Å². The minimum atomic E-state index is -3.63. The molecule has 26 heteroatoms. The van der Waals surface area contributed by atoms with Crippen molar-refractivity contribution in [2.45, 2.75) is 24.7 Å². The maximum Gasteiger partial charge on any atom is 0.337 e. The highest BCUT2D eigenvalue weighted by molar-refractivity contribution is 7.89. The fourth-order valence-corrected chi connectivity index (χ4v) is 9.97. The van der Waals surface area contributed by atoms with Crippen molar-refractivity contribution < 1.29 is 87.7 Å². The largest absolute Gasteiger partial charge is 0.418 e. The van der Waals surface area contributed by atoms with E-state index in [2.05, 4.69) is 26.5 Å². The first kappa shape index (κ1) is 70.3. The average molecular weight is 1220 g/mol. The van der Waals surface area contributed by atoms with Crippen molar-refractivity contribution in [2.24, 2.45) is 16.6 Å². The fourth-order valence-electron chi connectivity index (χ4n) is 8.33. The summed E-state index contributed by atoms with van der Waals surface area (Å²) in [5, 5.41) is 0. The van der Waals surface area contributed by atoms with E-state index < -0.39 is 51.6 Å². The summed E-state index contributed by atoms with van der Waals surface area (Å²) in [6, 6.07) is 12.6. The molecule has 1 fully saturated rings. The normalized spacial score (nSPS) is 13.7. The molecule has 2 heterocycles. The molecule has 0 radical (unpaired) electrons. The number of esters is 1. The summed E-state index contributed by atoms with van der Waals surface area (Å²) in [5.74, 6) is -2.95. The average Bonchev–Trinajstić information content (AvgIpc) is 3.36.